The van der Waals surface area contributed by atoms with Gasteiger partial charge in [0.15, 0.2) is 0 Å². The van der Waals surface area contributed by atoms with Crippen molar-refractivity contribution in [3.63, 3.8) is 0 Å². The van der Waals surface area contributed by atoms with Crippen LogP contribution in [0.4, 0.5) is 0 Å². The van der Waals surface area contributed by atoms with E-state index in [0.29, 0.717) is 18.1 Å². The van der Waals surface area contributed by atoms with E-state index in [1.165, 1.54) is 0 Å². The Bertz CT molecular complexity index is 366. The van der Waals surface area contributed by atoms with Crippen LogP contribution in [0.25, 0.3) is 0 Å². The number of nitriles is 1. The molecule has 1 aromatic rings. The van der Waals surface area contributed by atoms with Crippen molar-refractivity contribution in [3.8, 4) is 11.9 Å². The van der Waals surface area contributed by atoms with E-state index in [1.807, 2.05) is 6.92 Å². The Morgan fingerprint density at radius 3 is 3.14 bits per heavy atom. The molecule has 3 heteroatoms. The summed E-state index contributed by atoms with van der Waals surface area (Å²) in [6.45, 7) is 5.96. The maximum absolute atomic E-state index is 8.87. The number of rotatable bonds is 4. The topological polar surface area (TPSA) is 45.9 Å². The summed E-state index contributed by atoms with van der Waals surface area (Å²) in [4.78, 5) is 4.00. The fraction of sp³-hybridized carbons (Fsp3) is 0.273. The summed E-state index contributed by atoms with van der Waals surface area (Å²) in [7, 11) is 0. The summed E-state index contributed by atoms with van der Waals surface area (Å²) in [5.74, 6) is 0.411. The van der Waals surface area contributed by atoms with Crippen LogP contribution in [-0.2, 0) is 0 Å². The van der Waals surface area contributed by atoms with Gasteiger partial charge in [0.25, 0.3) is 0 Å². The second kappa shape index (κ2) is 5.03. The molecule has 0 aliphatic heterocycles. The molecule has 0 aromatic carbocycles. The van der Waals surface area contributed by atoms with Gasteiger partial charge >= 0.3 is 0 Å². The molecule has 0 aliphatic carbocycles. The number of hydrogen-bond acceptors (Lipinski definition) is 3. The molecule has 0 N–H and O–H groups in total. The highest BCUT2D eigenvalue weighted by molar-refractivity contribution is 5.43. The number of pyridine rings is 1. The van der Waals surface area contributed by atoms with Crippen molar-refractivity contribution < 1.29 is 4.74 Å². The number of hydrogen-bond donors (Lipinski definition) is 0. The van der Waals surface area contributed by atoms with Gasteiger partial charge in [0, 0.05) is 6.20 Å². The molecule has 0 bridgehead atoms. The predicted octanol–water partition coefficient (Wildman–Crippen LogP) is 2.22. The average Bonchev–Trinajstić information content (AvgIpc) is 2.18. The lowest BCUT2D eigenvalue weighted by Gasteiger charge is -2.06. The van der Waals surface area contributed by atoms with Crippen LogP contribution in [-0.4, -0.2) is 11.6 Å². The van der Waals surface area contributed by atoms with Crippen molar-refractivity contribution in [2.24, 2.45) is 0 Å². The van der Waals surface area contributed by atoms with Gasteiger partial charge in [-0.05, 0) is 25.0 Å². The number of aromatic nitrogens is 1. The lowest BCUT2D eigenvalue weighted by Crippen LogP contribution is -2.00. The van der Waals surface area contributed by atoms with Gasteiger partial charge in [-0.15, -0.1) is 6.58 Å². The van der Waals surface area contributed by atoms with Crippen molar-refractivity contribution in [1.29, 1.82) is 5.26 Å². The van der Waals surface area contributed by atoms with E-state index in [2.05, 4.69) is 17.6 Å². The van der Waals surface area contributed by atoms with Gasteiger partial charge < -0.3 is 4.74 Å². The van der Waals surface area contributed by atoms with Crippen LogP contribution in [0.3, 0.4) is 0 Å². The van der Waals surface area contributed by atoms with E-state index >= 15 is 0 Å². The second-order valence-electron chi connectivity index (χ2n) is 2.85. The van der Waals surface area contributed by atoms with Crippen molar-refractivity contribution in [1.82, 2.24) is 4.98 Å². The van der Waals surface area contributed by atoms with Crippen molar-refractivity contribution >= 4 is 0 Å². The Kier molecular flexibility index (Phi) is 3.69. The smallest absolute Gasteiger partial charge is 0.231 e. The van der Waals surface area contributed by atoms with Gasteiger partial charge in [-0.25, -0.2) is 4.98 Å². The zero-order valence-electron chi connectivity index (χ0n) is 8.16. The monoisotopic (exact) mass is 188 g/mol. The Morgan fingerprint density at radius 1 is 1.71 bits per heavy atom. The van der Waals surface area contributed by atoms with Crippen LogP contribution in [0.5, 0.6) is 5.88 Å². The Balaban J connectivity index is 2.81. The highest BCUT2D eigenvalue weighted by Crippen LogP contribution is 2.17. The molecular weight excluding hydrogens is 176 g/mol. The fourth-order valence-corrected chi connectivity index (χ4v) is 1.02. The molecule has 0 aliphatic rings. The van der Waals surface area contributed by atoms with E-state index in [-0.39, 0.29) is 0 Å². The molecule has 0 saturated heterocycles. The van der Waals surface area contributed by atoms with E-state index < -0.39 is 0 Å². The molecule has 0 amide bonds. The first-order valence-electron chi connectivity index (χ1n) is 4.39. The zero-order chi connectivity index (χ0) is 10.4. The van der Waals surface area contributed by atoms with Crippen LogP contribution in [0.2, 0.25) is 0 Å². The van der Waals surface area contributed by atoms with Gasteiger partial charge in [0.1, 0.15) is 11.6 Å². The third kappa shape index (κ3) is 2.33. The second-order valence-corrected chi connectivity index (χ2v) is 2.85. The van der Waals surface area contributed by atoms with Gasteiger partial charge in [-0.2, -0.15) is 5.26 Å². The van der Waals surface area contributed by atoms with E-state index in [9.17, 15) is 0 Å². The van der Waals surface area contributed by atoms with E-state index in [0.717, 1.165) is 12.0 Å². The van der Waals surface area contributed by atoms with Gasteiger partial charge in [0.05, 0.1) is 6.61 Å². The molecule has 0 atom stereocenters. The molecule has 72 valence electrons. The fourth-order valence-electron chi connectivity index (χ4n) is 1.02. The van der Waals surface area contributed by atoms with Gasteiger partial charge in [-0.1, -0.05) is 6.08 Å². The summed E-state index contributed by atoms with van der Waals surface area (Å²) in [5, 5.41) is 8.87. The van der Waals surface area contributed by atoms with Gasteiger partial charge in [-0.3, -0.25) is 0 Å². The average molecular weight is 188 g/mol. The molecule has 0 spiro atoms. The lowest BCUT2D eigenvalue weighted by atomic mass is 10.2. The summed E-state index contributed by atoms with van der Waals surface area (Å²) < 4.78 is 5.34. The van der Waals surface area contributed by atoms with Crippen LogP contribution in [0.15, 0.2) is 24.9 Å². The predicted molar refractivity (Wildman–Crippen MR) is 54.0 cm³/mol. The lowest BCUT2D eigenvalue weighted by molar-refractivity contribution is 0.311. The Labute approximate surface area is 83.7 Å². The Morgan fingerprint density at radius 2 is 2.50 bits per heavy atom. The van der Waals surface area contributed by atoms with Crippen LogP contribution in [0, 0.1) is 18.3 Å². The molecule has 1 rings (SSSR count). The molecule has 0 fully saturated rings. The van der Waals surface area contributed by atoms with Crippen LogP contribution in [0.1, 0.15) is 17.5 Å². The molecule has 0 radical (unpaired) electrons. The molecular formula is C11H12N2O. The normalized spacial score (nSPS) is 9.14. The first-order valence-corrected chi connectivity index (χ1v) is 4.39. The van der Waals surface area contributed by atoms with Crippen LogP contribution >= 0.6 is 0 Å². The van der Waals surface area contributed by atoms with Crippen molar-refractivity contribution in [3.05, 3.63) is 36.0 Å². The van der Waals surface area contributed by atoms with Crippen molar-refractivity contribution in [2.45, 2.75) is 13.3 Å². The van der Waals surface area contributed by atoms with Crippen molar-refractivity contribution in [2.75, 3.05) is 6.61 Å². The standard InChI is InChI=1S/C11H12N2O/c1-3-4-7-14-11-10(8-12)9(2)5-6-13-11/h3,5-6H,1,4,7H2,2H3. The number of ether oxygens (including phenoxy) is 1. The summed E-state index contributed by atoms with van der Waals surface area (Å²) in [6, 6.07) is 3.87. The zero-order valence-corrected chi connectivity index (χ0v) is 8.16. The maximum atomic E-state index is 8.87. The minimum Gasteiger partial charge on any atom is -0.476 e. The van der Waals surface area contributed by atoms with Crippen LogP contribution < -0.4 is 4.74 Å². The van der Waals surface area contributed by atoms with E-state index in [4.69, 9.17) is 10.00 Å². The highest BCUT2D eigenvalue weighted by Gasteiger charge is 2.06. The molecule has 3 nitrogen and oxygen atoms in total. The first kappa shape index (κ1) is 10.3. The quantitative estimate of drug-likeness (QED) is 0.537. The summed E-state index contributed by atoms with van der Waals surface area (Å²) in [5.41, 5.74) is 1.40. The van der Waals surface area contributed by atoms with Gasteiger partial charge in [0.2, 0.25) is 5.88 Å². The molecule has 0 unspecified atom stereocenters. The van der Waals surface area contributed by atoms with E-state index in [1.54, 1.807) is 18.3 Å². The third-order valence-electron chi connectivity index (χ3n) is 1.80. The number of nitrogens with zero attached hydrogens (tertiary/aromatic N) is 2. The highest BCUT2D eigenvalue weighted by atomic mass is 16.5. The SMILES string of the molecule is C=CCCOc1nccc(C)c1C#N. The summed E-state index contributed by atoms with van der Waals surface area (Å²) >= 11 is 0. The largest absolute Gasteiger partial charge is 0.476 e. The molecule has 1 heterocycles. The maximum Gasteiger partial charge on any atom is 0.231 e. The first-order chi connectivity index (χ1) is 6.79. The molecule has 0 saturated carbocycles. The third-order valence-corrected chi connectivity index (χ3v) is 1.80. The minimum absolute atomic E-state index is 0.411. The Hall–Kier alpha value is -1.82. The molecule has 1 aromatic heterocycles. The summed E-state index contributed by atoms with van der Waals surface area (Å²) in [6.07, 6.45) is 4.15. The minimum atomic E-state index is 0.411. The molecule has 14 heavy (non-hydrogen) atoms. The number of aryl methyl sites for hydroxylation is 1.